The minimum Gasteiger partial charge on any atom is -0.336 e. The molecule has 2 aromatic rings. The zero-order valence-corrected chi connectivity index (χ0v) is 14.3. The highest BCUT2D eigenvalue weighted by molar-refractivity contribution is 5.74. The fourth-order valence-electron chi connectivity index (χ4n) is 3.18. The minimum atomic E-state index is -0.161. The zero-order valence-electron chi connectivity index (χ0n) is 14.3. The molecule has 2 N–H and O–H groups in total. The van der Waals surface area contributed by atoms with Crippen molar-refractivity contribution in [1.82, 2.24) is 25.4 Å². The van der Waals surface area contributed by atoms with Crippen LogP contribution in [0.15, 0.2) is 30.6 Å². The van der Waals surface area contributed by atoms with E-state index in [1.165, 1.54) is 25.7 Å². The van der Waals surface area contributed by atoms with Crippen LogP contribution in [0, 0.1) is 0 Å². The first-order chi connectivity index (χ1) is 11.6. The summed E-state index contributed by atoms with van der Waals surface area (Å²) in [5.74, 6) is 0. The van der Waals surface area contributed by atoms with Crippen molar-refractivity contribution < 1.29 is 4.79 Å². The smallest absolute Gasteiger partial charge is 0.315 e. The van der Waals surface area contributed by atoms with E-state index in [2.05, 4.69) is 26.4 Å². The lowest BCUT2D eigenvalue weighted by molar-refractivity contribution is 0.238. The van der Waals surface area contributed by atoms with Crippen molar-refractivity contribution >= 4 is 6.03 Å². The van der Waals surface area contributed by atoms with E-state index in [1.807, 2.05) is 26.0 Å². The predicted octanol–water partition coefficient (Wildman–Crippen LogP) is 3.27. The lowest BCUT2D eigenvalue weighted by atomic mass is 10.1. The summed E-state index contributed by atoms with van der Waals surface area (Å²) in [5, 5.41) is 10.5. The van der Waals surface area contributed by atoms with Gasteiger partial charge < -0.3 is 10.6 Å². The van der Waals surface area contributed by atoms with E-state index in [4.69, 9.17) is 5.10 Å². The Morgan fingerprint density at radius 1 is 1.29 bits per heavy atom. The van der Waals surface area contributed by atoms with E-state index in [0.717, 1.165) is 17.0 Å². The molecule has 0 radical (unpaired) electrons. The van der Waals surface area contributed by atoms with Crippen molar-refractivity contribution in [2.45, 2.75) is 58.2 Å². The molecule has 0 spiro atoms. The third-order valence-corrected chi connectivity index (χ3v) is 4.28. The Morgan fingerprint density at radius 3 is 2.67 bits per heavy atom. The third-order valence-electron chi connectivity index (χ3n) is 4.28. The molecule has 128 valence electrons. The van der Waals surface area contributed by atoms with Crippen LogP contribution in [0.2, 0.25) is 0 Å². The van der Waals surface area contributed by atoms with Gasteiger partial charge in [-0.3, -0.25) is 9.67 Å². The first-order valence-electron chi connectivity index (χ1n) is 8.66. The molecule has 3 rings (SSSR count). The van der Waals surface area contributed by atoms with Gasteiger partial charge in [0.15, 0.2) is 0 Å². The number of carbonyl (C=O) groups is 1. The average Bonchev–Trinajstić information content (AvgIpc) is 3.22. The maximum Gasteiger partial charge on any atom is 0.315 e. The van der Waals surface area contributed by atoms with Gasteiger partial charge in [-0.15, -0.1) is 0 Å². The average molecular weight is 327 g/mol. The molecule has 0 saturated heterocycles. The zero-order chi connectivity index (χ0) is 16.9. The van der Waals surface area contributed by atoms with Gasteiger partial charge in [0.2, 0.25) is 0 Å². The number of carbonyl (C=O) groups excluding carboxylic acids is 1. The minimum absolute atomic E-state index is 0.119. The Hall–Kier alpha value is -2.37. The summed E-state index contributed by atoms with van der Waals surface area (Å²) in [5.41, 5.74) is 3.10. The number of aromatic nitrogens is 3. The van der Waals surface area contributed by atoms with Crippen LogP contribution in [0.3, 0.4) is 0 Å². The fourth-order valence-corrected chi connectivity index (χ4v) is 3.18. The molecule has 1 aliphatic carbocycles. The second kappa shape index (κ2) is 7.47. The monoisotopic (exact) mass is 327 g/mol. The van der Waals surface area contributed by atoms with Crippen LogP contribution < -0.4 is 10.6 Å². The summed E-state index contributed by atoms with van der Waals surface area (Å²) in [6.45, 7) is 4.31. The van der Waals surface area contributed by atoms with Gasteiger partial charge in [-0.25, -0.2) is 4.79 Å². The first-order valence-corrected chi connectivity index (χ1v) is 8.66. The van der Waals surface area contributed by atoms with Crippen molar-refractivity contribution in [2.75, 3.05) is 0 Å². The lowest BCUT2D eigenvalue weighted by Gasteiger charge is -2.14. The highest BCUT2D eigenvalue weighted by Crippen LogP contribution is 2.33. The molecule has 0 unspecified atom stereocenters. The number of nitrogens with one attached hydrogen (secondary N) is 2. The van der Waals surface area contributed by atoms with E-state index in [9.17, 15) is 4.79 Å². The van der Waals surface area contributed by atoms with Crippen molar-refractivity contribution in [3.8, 4) is 11.3 Å². The van der Waals surface area contributed by atoms with Gasteiger partial charge in [0.1, 0.15) is 0 Å². The summed E-state index contributed by atoms with van der Waals surface area (Å²) in [6, 6.07) is 6.49. The first kappa shape index (κ1) is 16.5. The van der Waals surface area contributed by atoms with Crippen molar-refractivity contribution in [1.29, 1.82) is 0 Å². The topological polar surface area (TPSA) is 71.8 Å². The molecule has 1 fully saturated rings. The van der Waals surface area contributed by atoms with Gasteiger partial charge in [0, 0.05) is 24.0 Å². The Labute approximate surface area is 142 Å². The van der Waals surface area contributed by atoms with E-state index in [0.29, 0.717) is 12.6 Å². The number of hydrogen-bond acceptors (Lipinski definition) is 3. The van der Waals surface area contributed by atoms with Crippen LogP contribution in [-0.4, -0.2) is 26.8 Å². The van der Waals surface area contributed by atoms with Gasteiger partial charge >= 0.3 is 6.03 Å². The van der Waals surface area contributed by atoms with Crippen LogP contribution in [0.25, 0.3) is 11.3 Å². The highest BCUT2D eigenvalue weighted by Gasteiger charge is 2.22. The molecule has 1 saturated carbocycles. The molecule has 24 heavy (non-hydrogen) atoms. The maximum atomic E-state index is 11.8. The Morgan fingerprint density at radius 2 is 2.00 bits per heavy atom. The van der Waals surface area contributed by atoms with Crippen LogP contribution >= 0.6 is 0 Å². The van der Waals surface area contributed by atoms with Gasteiger partial charge in [-0.1, -0.05) is 12.8 Å². The normalized spacial score (nSPS) is 15.0. The Balaban J connectivity index is 1.79. The van der Waals surface area contributed by atoms with Crippen molar-refractivity contribution in [2.24, 2.45) is 0 Å². The Kier molecular flexibility index (Phi) is 5.13. The summed E-state index contributed by atoms with van der Waals surface area (Å²) in [6.07, 6.45) is 8.45. The molecule has 1 aliphatic rings. The SMILES string of the molecule is CC(C)NC(=O)NCc1cc(-c2ccncc2)n(C2CCCC2)n1. The molecule has 0 atom stereocenters. The molecule has 0 bridgehead atoms. The molecule has 2 heterocycles. The molecule has 2 aromatic heterocycles. The van der Waals surface area contributed by atoms with E-state index < -0.39 is 0 Å². The summed E-state index contributed by atoms with van der Waals surface area (Å²) in [7, 11) is 0. The molecular formula is C18H25N5O. The van der Waals surface area contributed by atoms with E-state index in [1.54, 1.807) is 12.4 Å². The highest BCUT2D eigenvalue weighted by atomic mass is 16.2. The number of rotatable bonds is 5. The van der Waals surface area contributed by atoms with Gasteiger partial charge in [0.05, 0.1) is 24.0 Å². The van der Waals surface area contributed by atoms with Gasteiger partial charge in [0.25, 0.3) is 0 Å². The van der Waals surface area contributed by atoms with E-state index >= 15 is 0 Å². The molecule has 0 aliphatic heterocycles. The van der Waals surface area contributed by atoms with Crippen LogP contribution in [0.5, 0.6) is 0 Å². The number of amides is 2. The quantitative estimate of drug-likeness (QED) is 0.885. The second-order valence-corrected chi connectivity index (χ2v) is 6.62. The second-order valence-electron chi connectivity index (χ2n) is 6.62. The lowest BCUT2D eigenvalue weighted by Crippen LogP contribution is -2.39. The molecule has 2 amide bonds. The number of nitrogens with zero attached hydrogens (tertiary/aromatic N) is 3. The number of pyridine rings is 1. The fraction of sp³-hybridized carbons (Fsp3) is 0.500. The molecule has 0 aromatic carbocycles. The summed E-state index contributed by atoms with van der Waals surface area (Å²) < 4.78 is 2.14. The van der Waals surface area contributed by atoms with Crippen molar-refractivity contribution in [3.63, 3.8) is 0 Å². The number of hydrogen-bond donors (Lipinski definition) is 2. The van der Waals surface area contributed by atoms with Crippen LogP contribution in [0.4, 0.5) is 4.79 Å². The molecule has 6 nitrogen and oxygen atoms in total. The summed E-state index contributed by atoms with van der Waals surface area (Å²) >= 11 is 0. The van der Waals surface area contributed by atoms with Gasteiger partial charge in [-0.2, -0.15) is 5.10 Å². The van der Waals surface area contributed by atoms with Gasteiger partial charge in [-0.05, 0) is 44.9 Å². The summed E-state index contributed by atoms with van der Waals surface area (Å²) in [4.78, 5) is 15.9. The van der Waals surface area contributed by atoms with Crippen molar-refractivity contribution in [3.05, 3.63) is 36.3 Å². The van der Waals surface area contributed by atoms with Crippen LogP contribution in [0.1, 0.15) is 51.3 Å². The predicted molar refractivity (Wildman–Crippen MR) is 93.5 cm³/mol. The molecular weight excluding hydrogens is 302 g/mol. The standard InChI is InChI=1S/C18H25N5O/c1-13(2)21-18(24)20-12-15-11-17(14-7-9-19-10-8-14)23(22-15)16-5-3-4-6-16/h7-11,13,16H,3-6,12H2,1-2H3,(H2,20,21,24). The number of urea groups is 1. The maximum absolute atomic E-state index is 11.8. The molecule has 6 heteroatoms. The largest absolute Gasteiger partial charge is 0.336 e. The van der Waals surface area contributed by atoms with Crippen LogP contribution in [-0.2, 0) is 6.54 Å². The Bertz CT molecular complexity index is 674. The van der Waals surface area contributed by atoms with E-state index in [-0.39, 0.29) is 12.1 Å². The third kappa shape index (κ3) is 3.93.